The summed E-state index contributed by atoms with van der Waals surface area (Å²) in [7, 11) is 3.90. The molecule has 2 aliphatic rings. The molecular weight excluding hydrogens is 398 g/mol. The molecular formula is C23H25N3O5. The fourth-order valence-corrected chi connectivity index (χ4v) is 4.12. The predicted octanol–water partition coefficient (Wildman–Crippen LogP) is 3.44. The van der Waals surface area contributed by atoms with Crippen molar-refractivity contribution in [3.8, 4) is 11.5 Å². The summed E-state index contributed by atoms with van der Waals surface area (Å²) in [6, 6.07) is 9.32. The Hall–Kier alpha value is -3.26. The molecule has 0 saturated carbocycles. The number of furan rings is 1. The second-order valence-corrected chi connectivity index (χ2v) is 8.06. The van der Waals surface area contributed by atoms with Crippen molar-refractivity contribution in [2.24, 2.45) is 0 Å². The van der Waals surface area contributed by atoms with Gasteiger partial charge in [-0.3, -0.25) is 4.79 Å². The third-order valence-electron chi connectivity index (χ3n) is 5.62. The van der Waals surface area contributed by atoms with Crippen LogP contribution in [0.15, 0.2) is 41.0 Å². The number of carbonyl (C=O) groups excluding carboxylic acids is 1. The van der Waals surface area contributed by atoms with E-state index in [-0.39, 0.29) is 18.8 Å². The van der Waals surface area contributed by atoms with Gasteiger partial charge in [0.1, 0.15) is 5.82 Å². The lowest BCUT2D eigenvalue weighted by atomic mass is 10.1. The number of carbonyl (C=O) groups is 1. The fraction of sp³-hybridized carbons (Fsp3) is 0.391. The summed E-state index contributed by atoms with van der Waals surface area (Å²) in [6.45, 7) is 1.85. The summed E-state index contributed by atoms with van der Waals surface area (Å²) in [4.78, 5) is 21.8. The Labute approximate surface area is 180 Å². The van der Waals surface area contributed by atoms with Gasteiger partial charge in [0, 0.05) is 50.8 Å². The minimum Gasteiger partial charge on any atom is -0.459 e. The van der Waals surface area contributed by atoms with Gasteiger partial charge in [-0.2, -0.15) is 0 Å². The Bertz CT molecular complexity index is 1090. The number of pyridine rings is 1. The molecule has 1 saturated heterocycles. The smallest absolute Gasteiger partial charge is 0.289 e. The SMILES string of the molecule is CN(C)c1nc2cc3c(cc2cc1CN(CC1CCCO1)C(=O)c1ccco1)OCO3. The van der Waals surface area contributed by atoms with Gasteiger partial charge in [0.05, 0.1) is 17.9 Å². The molecule has 1 unspecified atom stereocenters. The number of benzene rings is 1. The Morgan fingerprint density at radius 2 is 2.03 bits per heavy atom. The van der Waals surface area contributed by atoms with E-state index in [1.807, 2.05) is 31.1 Å². The molecule has 2 aliphatic heterocycles. The number of hydrogen-bond donors (Lipinski definition) is 0. The lowest BCUT2D eigenvalue weighted by Gasteiger charge is -2.27. The fourth-order valence-electron chi connectivity index (χ4n) is 4.12. The van der Waals surface area contributed by atoms with E-state index in [1.165, 1.54) is 6.26 Å². The van der Waals surface area contributed by atoms with Crippen molar-refractivity contribution >= 4 is 22.6 Å². The van der Waals surface area contributed by atoms with E-state index in [1.54, 1.807) is 17.0 Å². The number of hydrogen-bond acceptors (Lipinski definition) is 7. The average molecular weight is 423 g/mol. The maximum atomic E-state index is 13.2. The van der Waals surface area contributed by atoms with Crippen LogP contribution in [-0.4, -0.2) is 55.9 Å². The molecule has 1 amide bonds. The monoisotopic (exact) mass is 423 g/mol. The largest absolute Gasteiger partial charge is 0.459 e. The highest BCUT2D eigenvalue weighted by molar-refractivity contribution is 5.92. The minimum atomic E-state index is -0.156. The van der Waals surface area contributed by atoms with Gasteiger partial charge in [-0.25, -0.2) is 4.98 Å². The first-order valence-electron chi connectivity index (χ1n) is 10.4. The van der Waals surface area contributed by atoms with E-state index in [9.17, 15) is 4.79 Å². The molecule has 3 aromatic rings. The van der Waals surface area contributed by atoms with Crippen LogP contribution in [0.25, 0.3) is 10.9 Å². The molecule has 1 atom stereocenters. The second-order valence-electron chi connectivity index (χ2n) is 8.06. The average Bonchev–Trinajstić information content (AvgIpc) is 3.53. The first-order valence-corrected chi connectivity index (χ1v) is 10.4. The Morgan fingerprint density at radius 3 is 2.74 bits per heavy atom. The van der Waals surface area contributed by atoms with Crippen LogP contribution < -0.4 is 14.4 Å². The summed E-state index contributed by atoms with van der Waals surface area (Å²) in [5, 5.41) is 0.937. The lowest BCUT2D eigenvalue weighted by molar-refractivity contribution is 0.0484. The van der Waals surface area contributed by atoms with E-state index in [0.717, 1.165) is 41.7 Å². The van der Waals surface area contributed by atoms with Crippen LogP contribution in [0.3, 0.4) is 0 Å². The molecule has 162 valence electrons. The van der Waals surface area contributed by atoms with Crippen molar-refractivity contribution in [3.05, 3.63) is 47.9 Å². The lowest BCUT2D eigenvalue weighted by Crippen LogP contribution is -2.37. The number of aromatic nitrogens is 1. The molecule has 31 heavy (non-hydrogen) atoms. The zero-order valence-corrected chi connectivity index (χ0v) is 17.7. The molecule has 0 aliphatic carbocycles. The van der Waals surface area contributed by atoms with Crippen molar-refractivity contribution < 1.29 is 23.4 Å². The predicted molar refractivity (Wildman–Crippen MR) is 115 cm³/mol. The van der Waals surface area contributed by atoms with Gasteiger partial charge >= 0.3 is 0 Å². The Balaban J connectivity index is 1.52. The molecule has 1 aromatic carbocycles. The summed E-state index contributed by atoms with van der Waals surface area (Å²) < 4.78 is 22.2. The van der Waals surface area contributed by atoms with Gasteiger partial charge < -0.3 is 28.4 Å². The van der Waals surface area contributed by atoms with E-state index in [2.05, 4.69) is 6.07 Å². The molecule has 4 heterocycles. The van der Waals surface area contributed by atoms with Gasteiger partial charge in [0.25, 0.3) is 5.91 Å². The van der Waals surface area contributed by atoms with Crippen LogP contribution in [0.5, 0.6) is 11.5 Å². The van der Waals surface area contributed by atoms with Crippen LogP contribution in [0.2, 0.25) is 0 Å². The minimum absolute atomic E-state index is 0.0314. The maximum absolute atomic E-state index is 13.2. The van der Waals surface area contributed by atoms with Crippen molar-refractivity contribution in [2.45, 2.75) is 25.5 Å². The third kappa shape index (κ3) is 3.90. The first kappa shape index (κ1) is 19.7. The number of ether oxygens (including phenoxy) is 3. The van der Waals surface area contributed by atoms with Crippen molar-refractivity contribution in [3.63, 3.8) is 0 Å². The number of nitrogens with zero attached hydrogens (tertiary/aromatic N) is 3. The molecule has 8 heteroatoms. The Morgan fingerprint density at radius 1 is 1.19 bits per heavy atom. The molecule has 8 nitrogen and oxygen atoms in total. The zero-order chi connectivity index (χ0) is 21.4. The van der Waals surface area contributed by atoms with Gasteiger partial charge in [0.2, 0.25) is 6.79 Å². The van der Waals surface area contributed by atoms with Crippen LogP contribution in [0.1, 0.15) is 29.0 Å². The van der Waals surface area contributed by atoms with E-state index in [4.69, 9.17) is 23.6 Å². The van der Waals surface area contributed by atoms with E-state index < -0.39 is 0 Å². The third-order valence-corrected chi connectivity index (χ3v) is 5.62. The molecule has 0 spiro atoms. The standard InChI is InChI=1S/C23H25N3O5/c1-25(2)22-16(9-15-10-20-21(31-14-30-20)11-18(15)24-22)12-26(13-17-5-3-7-28-17)23(27)19-6-4-8-29-19/h4,6,8-11,17H,3,5,7,12-14H2,1-2H3. The highest BCUT2D eigenvalue weighted by Crippen LogP contribution is 2.37. The molecule has 0 radical (unpaired) electrons. The van der Waals surface area contributed by atoms with E-state index in [0.29, 0.717) is 30.3 Å². The van der Waals surface area contributed by atoms with Gasteiger partial charge in [-0.15, -0.1) is 0 Å². The number of fused-ring (bicyclic) bond motifs is 2. The highest BCUT2D eigenvalue weighted by Gasteiger charge is 2.26. The van der Waals surface area contributed by atoms with Crippen molar-refractivity contribution in [1.82, 2.24) is 9.88 Å². The van der Waals surface area contributed by atoms with E-state index >= 15 is 0 Å². The van der Waals surface area contributed by atoms with Crippen LogP contribution in [-0.2, 0) is 11.3 Å². The highest BCUT2D eigenvalue weighted by atomic mass is 16.7. The zero-order valence-electron chi connectivity index (χ0n) is 17.7. The van der Waals surface area contributed by atoms with Crippen LogP contribution in [0, 0.1) is 0 Å². The number of anilines is 1. The molecule has 5 rings (SSSR count). The molecule has 2 aromatic heterocycles. The summed E-state index contributed by atoms with van der Waals surface area (Å²) in [6.07, 6.45) is 3.51. The molecule has 0 bridgehead atoms. The molecule has 0 N–H and O–H groups in total. The van der Waals surface area contributed by atoms with Gasteiger partial charge in [-0.1, -0.05) is 0 Å². The number of rotatable bonds is 6. The van der Waals surface area contributed by atoms with Gasteiger partial charge in [0.15, 0.2) is 17.3 Å². The maximum Gasteiger partial charge on any atom is 0.289 e. The summed E-state index contributed by atoms with van der Waals surface area (Å²) in [5.41, 5.74) is 1.76. The quantitative estimate of drug-likeness (QED) is 0.601. The Kier molecular flexibility index (Phi) is 5.15. The number of amides is 1. The topological polar surface area (TPSA) is 77.3 Å². The van der Waals surface area contributed by atoms with Crippen LogP contribution in [0.4, 0.5) is 5.82 Å². The van der Waals surface area contributed by atoms with Crippen molar-refractivity contribution in [2.75, 3.05) is 38.9 Å². The second kappa shape index (κ2) is 8.11. The molecule has 1 fully saturated rings. The first-order chi connectivity index (χ1) is 15.1. The summed E-state index contributed by atoms with van der Waals surface area (Å²) in [5.74, 6) is 2.37. The van der Waals surface area contributed by atoms with Crippen LogP contribution >= 0.6 is 0 Å². The normalized spacial score (nSPS) is 17.3. The summed E-state index contributed by atoms with van der Waals surface area (Å²) >= 11 is 0. The van der Waals surface area contributed by atoms with Crippen molar-refractivity contribution in [1.29, 1.82) is 0 Å². The van der Waals surface area contributed by atoms with Gasteiger partial charge in [-0.05, 0) is 37.1 Å².